The Morgan fingerprint density at radius 1 is 1.10 bits per heavy atom. The molecule has 2 aromatic rings. The minimum atomic E-state index is -4.91. The summed E-state index contributed by atoms with van der Waals surface area (Å²) in [6.07, 6.45) is -6.89. The molecule has 222 valence electrons. The predicted octanol–water partition coefficient (Wildman–Crippen LogP) is 3.44. The van der Waals surface area contributed by atoms with Crippen molar-refractivity contribution >= 4 is 17.9 Å². The Balaban J connectivity index is 1.87. The third-order valence-electron chi connectivity index (χ3n) is 5.85. The van der Waals surface area contributed by atoms with Crippen molar-refractivity contribution < 1.29 is 45.5 Å². The van der Waals surface area contributed by atoms with Crippen molar-refractivity contribution in [2.75, 3.05) is 13.1 Å². The number of carbonyl (C=O) groups excluding carboxylic acids is 3. The number of rotatable bonds is 7. The molecule has 16 heteroatoms. The lowest BCUT2D eigenvalue weighted by molar-refractivity contribution is -0.148. The van der Waals surface area contributed by atoms with E-state index >= 15 is 0 Å². The molecular formula is C25H26F6N6O4. The summed E-state index contributed by atoms with van der Waals surface area (Å²) in [5.74, 6) is -7.01. The molecular weight excluding hydrogens is 562 g/mol. The second-order valence-corrected chi connectivity index (χ2v) is 10.1. The highest BCUT2D eigenvalue weighted by atomic mass is 19.4. The Labute approximate surface area is 230 Å². The molecule has 1 aromatic heterocycles. The van der Waals surface area contributed by atoms with Gasteiger partial charge in [0.05, 0.1) is 18.3 Å². The monoisotopic (exact) mass is 588 g/mol. The number of aromatic nitrogens is 2. The first-order chi connectivity index (χ1) is 19.0. The highest BCUT2D eigenvalue weighted by Crippen LogP contribution is 2.32. The molecule has 1 aliphatic heterocycles. The molecule has 1 aliphatic rings. The van der Waals surface area contributed by atoms with E-state index in [1.54, 1.807) is 26.8 Å². The SMILES string of the molecule is CC(C)(C)OC(=O)N[C@@H](CC(=O)N1CCn2c(C(F)(F)F)nc(C(=O)NCC#N)c2C1)Cc1cc(F)c(F)cc1F. The van der Waals surface area contributed by atoms with E-state index in [1.165, 1.54) is 0 Å². The summed E-state index contributed by atoms with van der Waals surface area (Å²) in [5, 5.41) is 13.2. The quantitative estimate of drug-likeness (QED) is 0.290. The van der Waals surface area contributed by atoms with Gasteiger partial charge in [0.25, 0.3) is 5.91 Å². The first-order valence-corrected chi connectivity index (χ1v) is 12.2. The molecule has 0 saturated carbocycles. The minimum Gasteiger partial charge on any atom is -0.444 e. The van der Waals surface area contributed by atoms with Crippen LogP contribution < -0.4 is 10.6 Å². The molecule has 41 heavy (non-hydrogen) atoms. The maximum atomic E-state index is 14.4. The van der Waals surface area contributed by atoms with Gasteiger partial charge in [-0.3, -0.25) is 9.59 Å². The summed E-state index contributed by atoms with van der Waals surface area (Å²) < 4.78 is 88.2. The number of nitrogens with zero attached hydrogens (tertiary/aromatic N) is 4. The van der Waals surface area contributed by atoms with Crippen LogP contribution in [-0.2, 0) is 35.2 Å². The van der Waals surface area contributed by atoms with E-state index in [4.69, 9.17) is 10.00 Å². The van der Waals surface area contributed by atoms with Crippen LogP contribution in [0.2, 0.25) is 0 Å². The number of carbonyl (C=O) groups is 3. The van der Waals surface area contributed by atoms with Crippen molar-refractivity contribution in [2.24, 2.45) is 0 Å². The van der Waals surface area contributed by atoms with Crippen molar-refractivity contribution in [3.8, 4) is 6.07 Å². The molecule has 3 rings (SSSR count). The standard InChI is InChI=1S/C25H26F6N6O4/c1-24(2,3)41-23(40)34-14(8-13-9-16(27)17(28)11-15(13)26)10-19(38)36-6-7-37-18(12-36)20(21(39)33-5-4-32)35-22(37)25(29,30)31/h9,11,14H,5-8,10,12H2,1-3H3,(H,33,39)(H,34,40)/t14-/m1/s1. The van der Waals surface area contributed by atoms with Crippen molar-refractivity contribution in [2.45, 2.75) is 64.5 Å². The maximum Gasteiger partial charge on any atom is 0.449 e. The van der Waals surface area contributed by atoms with Crippen molar-refractivity contribution in [3.05, 3.63) is 52.4 Å². The Bertz CT molecular complexity index is 1380. The number of ether oxygens (including phenoxy) is 1. The number of alkyl carbamates (subject to hydrolysis) is 1. The number of nitriles is 1. The lowest BCUT2D eigenvalue weighted by Gasteiger charge is -2.31. The zero-order valence-corrected chi connectivity index (χ0v) is 22.2. The number of halogens is 6. The zero-order valence-electron chi connectivity index (χ0n) is 22.2. The van der Waals surface area contributed by atoms with E-state index in [2.05, 4.69) is 15.6 Å². The van der Waals surface area contributed by atoms with E-state index < -0.39 is 90.6 Å². The van der Waals surface area contributed by atoms with Gasteiger partial charge in [-0.25, -0.2) is 22.9 Å². The average molecular weight is 589 g/mol. The van der Waals surface area contributed by atoms with Gasteiger partial charge in [-0.2, -0.15) is 18.4 Å². The Morgan fingerprint density at radius 2 is 1.76 bits per heavy atom. The summed E-state index contributed by atoms with van der Waals surface area (Å²) in [6, 6.07) is 1.33. The van der Waals surface area contributed by atoms with Gasteiger partial charge >= 0.3 is 12.3 Å². The normalized spacial score (nSPS) is 14.1. The average Bonchev–Trinajstić information content (AvgIpc) is 3.24. The minimum absolute atomic E-state index is 0.226. The number of imidazole rings is 1. The first kappa shape index (κ1) is 31.2. The molecule has 3 amide bonds. The highest BCUT2D eigenvalue weighted by molar-refractivity contribution is 5.94. The molecule has 0 bridgehead atoms. The molecule has 1 aromatic carbocycles. The fraction of sp³-hybridized carbons (Fsp3) is 0.480. The van der Waals surface area contributed by atoms with Crippen LogP contribution in [0.1, 0.15) is 54.8 Å². The first-order valence-electron chi connectivity index (χ1n) is 12.2. The molecule has 0 saturated heterocycles. The van der Waals surface area contributed by atoms with Crippen LogP contribution in [0.25, 0.3) is 0 Å². The Morgan fingerprint density at radius 3 is 2.37 bits per heavy atom. The molecule has 2 N–H and O–H groups in total. The summed E-state index contributed by atoms with van der Waals surface area (Å²) in [5.41, 5.74) is -2.13. The number of hydrogen-bond donors (Lipinski definition) is 2. The van der Waals surface area contributed by atoms with Gasteiger partial charge < -0.3 is 24.8 Å². The Hall–Kier alpha value is -4.29. The molecule has 0 aliphatic carbocycles. The maximum absolute atomic E-state index is 14.4. The molecule has 0 unspecified atom stereocenters. The van der Waals surface area contributed by atoms with Gasteiger partial charge in [-0.05, 0) is 38.8 Å². The second-order valence-electron chi connectivity index (χ2n) is 10.1. The lowest BCUT2D eigenvalue weighted by atomic mass is 10.0. The van der Waals surface area contributed by atoms with Crippen molar-refractivity contribution in [3.63, 3.8) is 0 Å². The molecule has 0 radical (unpaired) electrons. The van der Waals surface area contributed by atoms with E-state index in [0.29, 0.717) is 12.1 Å². The molecule has 2 heterocycles. The molecule has 0 spiro atoms. The van der Waals surface area contributed by atoms with Crippen molar-refractivity contribution in [1.29, 1.82) is 5.26 Å². The third kappa shape index (κ3) is 7.89. The molecule has 1 atom stereocenters. The number of benzene rings is 1. The van der Waals surface area contributed by atoms with Gasteiger partial charge in [0.1, 0.15) is 18.0 Å². The zero-order chi connectivity index (χ0) is 30.7. The largest absolute Gasteiger partial charge is 0.449 e. The smallest absolute Gasteiger partial charge is 0.444 e. The van der Waals surface area contributed by atoms with Crippen LogP contribution in [-0.4, -0.2) is 57.1 Å². The molecule has 10 nitrogen and oxygen atoms in total. The third-order valence-corrected chi connectivity index (χ3v) is 5.85. The van der Waals surface area contributed by atoms with Crippen LogP contribution in [0.3, 0.4) is 0 Å². The highest BCUT2D eigenvalue weighted by Gasteiger charge is 2.42. The second kappa shape index (κ2) is 12.1. The van der Waals surface area contributed by atoms with Crippen LogP contribution in [0.15, 0.2) is 12.1 Å². The van der Waals surface area contributed by atoms with E-state index in [1.807, 2.05) is 0 Å². The van der Waals surface area contributed by atoms with E-state index in [-0.39, 0.29) is 24.3 Å². The number of nitrogens with one attached hydrogen (secondary N) is 2. The van der Waals surface area contributed by atoms with E-state index in [0.717, 1.165) is 9.47 Å². The van der Waals surface area contributed by atoms with Gasteiger partial charge in [-0.15, -0.1) is 0 Å². The number of alkyl halides is 3. The van der Waals surface area contributed by atoms with Crippen LogP contribution in [0, 0.1) is 28.8 Å². The van der Waals surface area contributed by atoms with Gasteiger partial charge in [0.15, 0.2) is 17.3 Å². The Kier molecular flexibility index (Phi) is 9.19. The number of amides is 3. The summed E-state index contributed by atoms with van der Waals surface area (Å²) >= 11 is 0. The predicted molar refractivity (Wildman–Crippen MR) is 128 cm³/mol. The fourth-order valence-electron chi connectivity index (χ4n) is 4.16. The number of fused-ring (bicyclic) bond motifs is 1. The van der Waals surface area contributed by atoms with Crippen molar-refractivity contribution in [1.82, 2.24) is 25.1 Å². The fourth-order valence-corrected chi connectivity index (χ4v) is 4.16. The van der Waals surface area contributed by atoms with Gasteiger partial charge in [0.2, 0.25) is 11.7 Å². The van der Waals surface area contributed by atoms with Crippen LogP contribution in [0.5, 0.6) is 0 Å². The van der Waals surface area contributed by atoms with E-state index in [9.17, 15) is 40.7 Å². The summed E-state index contributed by atoms with van der Waals surface area (Å²) in [7, 11) is 0. The summed E-state index contributed by atoms with van der Waals surface area (Å²) in [6.45, 7) is 3.12. The van der Waals surface area contributed by atoms with Crippen LogP contribution >= 0.6 is 0 Å². The number of hydrogen-bond acceptors (Lipinski definition) is 6. The van der Waals surface area contributed by atoms with Crippen LogP contribution in [0.4, 0.5) is 31.1 Å². The topological polar surface area (TPSA) is 129 Å². The van der Waals surface area contributed by atoms with Gasteiger partial charge in [-0.1, -0.05) is 0 Å². The lowest BCUT2D eigenvalue weighted by Crippen LogP contribution is -2.46. The summed E-state index contributed by atoms with van der Waals surface area (Å²) in [4.78, 5) is 42.6. The van der Waals surface area contributed by atoms with Gasteiger partial charge in [0, 0.05) is 31.6 Å². The molecule has 0 fully saturated rings.